The zero-order chi connectivity index (χ0) is 13.6. The molecule has 2 heterocycles. The number of fused-ring (bicyclic) bond motifs is 1. The summed E-state index contributed by atoms with van der Waals surface area (Å²) in [4.78, 5) is 3.01. The molecule has 0 saturated carbocycles. The molecule has 0 radical (unpaired) electrons. The average molecular weight is 341 g/mol. The molecule has 1 aromatic carbocycles. The van der Waals surface area contributed by atoms with Crippen molar-refractivity contribution in [2.45, 2.75) is 6.54 Å². The van der Waals surface area contributed by atoms with Crippen LogP contribution in [0.2, 0.25) is 0 Å². The summed E-state index contributed by atoms with van der Waals surface area (Å²) in [6.07, 6.45) is 1.74. The van der Waals surface area contributed by atoms with E-state index < -0.39 is 0 Å². The first-order chi connectivity index (χ1) is 9.06. The molecule has 4 nitrogen and oxygen atoms in total. The molecule has 0 atom stereocenters. The molecule has 0 aliphatic heterocycles. The second-order valence-corrected chi connectivity index (χ2v) is 5.49. The molecule has 98 valence electrons. The number of benzene rings is 1. The van der Waals surface area contributed by atoms with Gasteiger partial charge in [0.25, 0.3) is 0 Å². The van der Waals surface area contributed by atoms with Crippen LogP contribution in [-0.2, 0) is 13.6 Å². The van der Waals surface area contributed by atoms with Crippen molar-refractivity contribution in [2.75, 3.05) is 0 Å². The standard InChI is InChI=1S/C12H10BrFN4S/c1-17-7(2-3-15-17)6-18-11-4-8(13)9(14)5-10(11)16-12(18)19/h2-5H,6H2,1H3,(H,16,19). The number of rotatable bonds is 2. The Labute approximate surface area is 122 Å². The van der Waals surface area contributed by atoms with Gasteiger partial charge in [-0.15, -0.1) is 0 Å². The van der Waals surface area contributed by atoms with Gasteiger partial charge in [-0.3, -0.25) is 4.68 Å². The van der Waals surface area contributed by atoms with E-state index in [4.69, 9.17) is 12.2 Å². The van der Waals surface area contributed by atoms with Crippen LogP contribution in [0.4, 0.5) is 4.39 Å². The summed E-state index contributed by atoms with van der Waals surface area (Å²) >= 11 is 8.49. The predicted octanol–water partition coefficient (Wildman–Crippen LogP) is 3.38. The average Bonchev–Trinajstić information content (AvgIpc) is 2.88. The summed E-state index contributed by atoms with van der Waals surface area (Å²) in [5, 5.41) is 4.13. The van der Waals surface area contributed by atoms with E-state index in [0.717, 1.165) is 11.2 Å². The Morgan fingerprint density at radius 2 is 2.26 bits per heavy atom. The Hall–Kier alpha value is -1.47. The monoisotopic (exact) mass is 340 g/mol. The van der Waals surface area contributed by atoms with Crippen molar-refractivity contribution < 1.29 is 4.39 Å². The van der Waals surface area contributed by atoms with Gasteiger partial charge in [0, 0.05) is 19.3 Å². The third kappa shape index (κ3) is 2.12. The second-order valence-electron chi connectivity index (χ2n) is 4.25. The van der Waals surface area contributed by atoms with E-state index in [1.807, 2.05) is 17.7 Å². The number of imidazole rings is 1. The maximum Gasteiger partial charge on any atom is 0.178 e. The molecule has 2 aromatic heterocycles. The minimum absolute atomic E-state index is 0.309. The molecule has 7 heteroatoms. The largest absolute Gasteiger partial charge is 0.330 e. The molecule has 0 aliphatic carbocycles. The first-order valence-corrected chi connectivity index (χ1v) is 6.81. The van der Waals surface area contributed by atoms with Gasteiger partial charge < -0.3 is 9.55 Å². The molecular weight excluding hydrogens is 331 g/mol. The Balaban J connectivity index is 2.18. The van der Waals surface area contributed by atoms with Gasteiger partial charge in [-0.2, -0.15) is 5.10 Å². The number of nitrogens with zero attached hydrogens (tertiary/aromatic N) is 3. The van der Waals surface area contributed by atoms with Crippen LogP contribution in [0.5, 0.6) is 0 Å². The fraction of sp³-hybridized carbons (Fsp3) is 0.167. The van der Waals surface area contributed by atoms with Crippen molar-refractivity contribution in [2.24, 2.45) is 7.05 Å². The zero-order valence-corrected chi connectivity index (χ0v) is 12.4. The van der Waals surface area contributed by atoms with Crippen molar-refractivity contribution in [3.63, 3.8) is 0 Å². The summed E-state index contributed by atoms with van der Waals surface area (Å²) in [5.74, 6) is -0.309. The van der Waals surface area contributed by atoms with Crippen LogP contribution < -0.4 is 0 Å². The highest BCUT2D eigenvalue weighted by Crippen LogP contribution is 2.23. The van der Waals surface area contributed by atoms with Crippen LogP contribution >= 0.6 is 28.1 Å². The van der Waals surface area contributed by atoms with E-state index in [1.54, 1.807) is 16.9 Å². The molecule has 0 bridgehead atoms. The maximum atomic E-state index is 13.5. The van der Waals surface area contributed by atoms with Gasteiger partial charge in [-0.25, -0.2) is 4.39 Å². The van der Waals surface area contributed by atoms with Gasteiger partial charge in [0.15, 0.2) is 4.77 Å². The molecule has 19 heavy (non-hydrogen) atoms. The van der Waals surface area contributed by atoms with Crippen molar-refractivity contribution in [1.29, 1.82) is 0 Å². The van der Waals surface area contributed by atoms with Crippen LogP contribution in [0.25, 0.3) is 11.0 Å². The lowest BCUT2D eigenvalue weighted by Crippen LogP contribution is -2.05. The minimum Gasteiger partial charge on any atom is -0.330 e. The van der Waals surface area contributed by atoms with E-state index in [1.165, 1.54) is 6.07 Å². The Kier molecular flexibility index (Phi) is 3.02. The van der Waals surface area contributed by atoms with Crippen molar-refractivity contribution in [3.8, 4) is 0 Å². The van der Waals surface area contributed by atoms with E-state index >= 15 is 0 Å². The third-order valence-corrected chi connectivity index (χ3v) is 3.99. The van der Waals surface area contributed by atoms with Gasteiger partial charge >= 0.3 is 0 Å². The molecule has 3 aromatic rings. The van der Waals surface area contributed by atoms with Gasteiger partial charge in [-0.1, -0.05) is 0 Å². The van der Waals surface area contributed by atoms with Crippen molar-refractivity contribution >= 4 is 39.2 Å². The van der Waals surface area contributed by atoms with Gasteiger partial charge in [0.2, 0.25) is 0 Å². The highest BCUT2D eigenvalue weighted by Gasteiger charge is 2.10. The van der Waals surface area contributed by atoms with Gasteiger partial charge in [0.1, 0.15) is 5.82 Å². The molecule has 0 aliphatic rings. The topological polar surface area (TPSA) is 38.5 Å². The Morgan fingerprint density at radius 3 is 2.95 bits per heavy atom. The second kappa shape index (κ2) is 4.57. The summed E-state index contributed by atoms with van der Waals surface area (Å²) in [6.45, 7) is 0.591. The molecule has 0 spiro atoms. The van der Waals surface area contributed by atoms with E-state index in [9.17, 15) is 4.39 Å². The summed E-state index contributed by atoms with van der Waals surface area (Å²) in [6, 6.07) is 5.10. The van der Waals surface area contributed by atoms with Crippen molar-refractivity contribution in [1.82, 2.24) is 19.3 Å². The number of halogens is 2. The lowest BCUT2D eigenvalue weighted by Gasteiger charge is -2.05. The molecule has 3 rings (SSSR count). The summed E-state index contributed by atoms with van der Waals surface area (Å²) < 4.78 is 18.2. The lowest BCUT2D eigenvalue weighted by atomic mass is 10.3. The van der Waals surface area contributed by atoms with Crippen LogP contribution in [0.1, 0.15) is 5.69 Å². The Bertz CT molecular complexity index is 817. The SMILES string of the molecule is Cn1nccc1Cn1c(=S)[nH]c2cc(F)c(Br)cc21. The predicted molar refractivity (Wildman–Crippen MR) is 77.1 cm³/mol. The van der Waals surface area contributed by atoms with E-state index in [0.29, 0.717) is 21.3 Å². The fourth-order valence-corrected chi connectivity index (χ4v) is 2.63. The van der Waals surface area contributed by atoms with E-state index in [-0.39, 0.29) is 5.82 Å². The normalized spacial score (nSPS) is 11.3. The van der Waals surface area contributed by atoms with Crippen LogP contribution in [0.15, 0.2) is 28.9 Å². The molecule has 0 unspecified atom stereocenters. The summed E-state index contributed by atoms with van der Waals surface area (Å²) in [7, 11) is 1.88. The van der Waals surface area contributed by atoms with E-state index in [2.05, 4.69) is 26.0 Å². The Morgan fingerprint density at radius 1 is 1.47 bits per heavy atom. The number of aromatic amines is 1. The first kappa shape index (κ1) is 12.6. The maximum absolute atomic E-state index is 13.5. The first-order valence-electron chi connectivity index (χ1n) is 5.60. The fourth-order valence-electron chi connectivity index (χ4n) is 2.03. The number of aromatic nitrogens is 4. The molecule has 0 saturated heterocycles. The van der Waals surface area contributed by atoms with Crippen LogP contribution in [0, 0.1) is 10.6 Å². The van der Waals surface area contributed by atoms with Gasteiger partial charge in [0.05, 0.1) is 27.7 Å². The minimum atomic E-state index is -0.309. The summed E-state index contributed by atoms with van der Waals surface area (Å²) in [5.41, 5.74) is 2.57. The van der Waals surface area contributed by atoms with Gasteiger partial charge in [-0.05, 0) is 40.3 Å². The lowest BCUT2D eigenvalue weighted by molar-refractivity contribution is 0.622. The van der Waals surface area contributed by atoms with Crippen molar-refractivity contribution in [3.05, 3.63) is 45.2 Å². The molecule has 1 N–H and O–H groups in total. The highest BCUT2D eigenvalue weighted by molar-refractivity contribution is 9.10. The number of hydrogen-bond donors (Lipinski definition) is 1. The quantitative estimate of drug-likeness (QED) is 0.726. The van der Waals surface area contributed by atoms with Crippen LogP contribution in [-0.4, -0.2) is 19.3 Å². The smallest absolute Gasteiger partial charge is 0.178 e. The molecule has 0 fully saturated rings. The zero-order valence-electron chi connectivity index (χ0n) is 10.0. The highest BCUT2D eigenvalue weighted by atomic mass is 79.9. The molecular formula is C12H10BrFN4S. The number of nitrogens with one attached hydrogen (secondary N) is 1. The number of aryl methyl sites for hydroxylation is 1. The third-order valence-electron chi connectivity index (χ3n) is 3.06. The molecule has 0 amide bonds. The number of H-pyrrole nitrogens is 1. The van der Waals surface area contributed by atoms with Crippen LogP contribution in [0.3, 0.4) is 0 Å². The number of hydrogen-bond acceptors (Lipinski definition) is 2.